The Morgan fingerprint density at radius 2 is 1.14 bits per heavy atom. The van der Waals surface area contributed by atoms with Crippen molar-refractivity contribution in [2.24, 2.45) is 0 Å². The smallest absolute Gasteiger partial charge is 0.408 e. The standard InChI is InChI=1S/C49H64N2O11Si/c1-34(40(44(52)61-47(2,3)4)50-46(53)62-48(5,6)7)59-45-41(51(54)55)43(57-32-36-25-17-12-18-26-36)42(56-31-35-23-15-11-16-24-35)39(60-45)33-58-63(49(8,9)10,37-27-19-13-20-28-37)38-29-21-14-22-30-38/h11-30,34,39-43,45H,31-33H2,1-10H3,(H,50,53)/t34-,39-,40+,41-,42+,43-,45+/m1/s1. The number of hydrogen-bond donors (Lipinski definition) is 1. The molecule has 7 atom stereocenters. The molecule has 0 saturated carbocycles. The summed E-state index contributed by atoms with van der Waals surface area (Å²) >= 11 is 0. The summed E-state index contributed by atoms with van der Waals surface area (Å²) in [6, 6.07) is 35.9. The quantitative estimate of drug-likeness (QED) is 0.0480. The molecule has 1 N–H and O–H groups in total. The Morgan fingerprint density at radius 1 is 0.698 bits per heavy atom. The third-order valence-corrected chi connectivity index (χ3v) is 15.5. The summed E-state index contributed by atoms with van der Waals surface area (Å²) in [6.07, 6.45) is -7.11. The first-order valence-electron chi connectivity index (χ1n) is 21.4. The van der Waals surface area contributed by atoms with Gasteiger partial charge in [-0.3, -0.25) is 10.1 Å². The van der Waals surface area contributed by atoms with E-state index in [1.165, 1.54) is 6.92 Å². The first-order valence-corrected chi connectivity index (χ1v) is 23.3. The highest BCUT2D eigenvalue weighted by molar-refractivity contribution is 6.99. The Labute approximate surface area is 373 Å². The molecule has 5 rings (SSSR count). The number of amides is 1. The van der Waals surface area contributed by atoms with Gasteiger partial charge in [0.05, 0.1) is 25.9 Å². The monoisotopic (exact) mass is 884 g/mol. The number of nitrogens with zero attached hydrogens (tertiary/aromatic N) is 1. The van der Waals surface area contributed by atoms with Crippen LogP contribution in [0, 0.1) is 10.1 Å². The molecule has 13 nitrogen and oxygen atoms in total. The minimum Gasteiger partial charge on any atom is -0.458 e. The number of esters is 1. The van der Waals surface area contributed by atoms with Crippen LogP contribution in [-0.2, 0) is 50.9 Å². The maximum Gasteiger partial charge on any atom is 0.408 e. The summed E-state index contributed by atoms with van der Waals surface area (Å²) in [5, 5.41) is 17.7. The molecule has 0 aromatic heterocycles. The molecule has 4 aromatic carbocycles. The van der Waals surface area contributed by atoms with Crippen LogP contribution in [-0.4, -0.2) is 85.9 Å². The third kappa shape index (κ3) is 13.3. The Morgan fingerprint density at radius 3 is 1.57 bits per heavy atom. The van der Waals surface area contributed by atoms with Crippen molar-refractivity contribution in [2.75, 3.05) is 6.61 Å². The van der Waals surface area contributed by atoms with Crippen LogP contribution in [0.3, 0.4) is 0 Å². The van der Waals surface area contributed by atoms with Gasteiger partial charge in [0.15, 0.2) is 12.1 Å². The molecule has 63 heavy (non-hydrogen) atoms. The molecule has 1 heterocycles. The molecule has 14 heteroatoms. The van der Waals surface area contributed by atoms with Crippen LogP contribution in [0.15, 0.2) is 121 Å². The van der Waals surface area contributed by atoms with Crippen LogP contribution in [0.5, 0.6) is 0 Å². The fourth-order valence-electron chi connectivity index (χ4n) is 7.71. The number of ether oxygens (including phenoxy) is 6. The van der Waals surface area contributed by atoms with E-state index in [0.717, 1.165) is 21.5 Å². The van der Waals surface area contributed by atoms with Crippen LogP contribution in [0.1, 0.15) is 80.4 Å². The summed E-state index contributed by atoms with van der Waals surface area (Å²) < 4.78 is 45.1. The van der Waals surface area contributed by atoms with Gasteiger partial charge < -0.3 is 38.2 Å². The lowest BCUT2D eigenvalue weighted by Crippen LogP contribution is -2.69. The van der Waals surface area contributed by atoms with Gasteiger partial charge in [0, 0.05) is 4.92 Å². The Hall–Kier alpha value is -4.96. The molecular formula is C49H64N2O11Si. The second-order valence-corrected chi connectivity index (χ2v) is 23.1. The summed E-state index contributed by atoms with van der Waals surface area (Å²) in [6.45, 7) is 18.1. The maximum absolute atomic E-state index is 13.8. The predicted molar refractivity (Wildman–Crippen MR) is 243 cm³/mol. The van der Waals surface area contributed by atoms with Crippen LogP contribution >= 0.6 is 0 Å². The lowest BCUT2D eigenvalue weighted by Gasteiger charge is -2.46. The average molecular weight is 885 g/mol. The summed E-state index contributed by atoms with van der Waals surface area (Å²) in [5.74, 6) is -0.832. The molecule has 0 spiro atoms. The second kappa shape index (κ2) is 21.1. The van der Waals surface area contributed by atoms with Crippen molar-refractivity contribution in [3.63, 3.8) is 0 Å². The highest BCUT2D eigenvalue weighted by Crippen LogP contribution is 2.38. The topological polar surface area (TPSA) is 154 Å². The van der Waals surface area contributed by atoms with E-state index in [4.69, 9.17) is 32.8 Å². The zero-order valence-corrected chi connectivity index (χ0v) is 39.1. The normalized spacial score (nSPS) is 20.6. The third-order valence-electron chi connectivity index (χ3n) is 10.5. The second-order valence-electron chi connectivity index (χ2n) is 18.8. The molecule has 1 fully saturated rings. The van der Waals surface area contributed by atoms with Gasteiger partial charge in [-0.1, -0.05) is 142 Å². The minimum atomic E-state index is -3.20. The van der Waals surface area contributed by atoms with Gasteiger partial charge in [-0.05, 0) is 75.0 Å². The van der Waals surface area contributed by atoms with Gasteiger partial charge >= 0.3 is 12.1 Å². The van der Waals surface area contributed by atoms with Gasteiger partial charge in [0.25, 0.3) is 14.4 Å². The molecular weight excluding hydrogens is 821 g/mol. The first-order chi connectivity index (χ1) is 29.7. The van der Waals surface area contributed by atoms with E-state index in [0.29, 0.717) is 0 Å². The van der Waals surface area contributed by atoms with Gasteiger partial charge in [-0.15, -0.1) is 0 Å². The van der Waals surface area contributed by atoms with E-state index in [1.807, 2.05) is 97.1 Å². The van der Waals surface area contributed by atoms with Crippen molar-refractivity contribution < 1.29 is 47.4 Å². The molecule has 1 aliphatic heterocycles. The van der Waals surface area contributed by atoms with E-state index in [1.54, 1.807) is 41.5 Å². The van der Waals surface area contributed by atoms with Crippen molar-refractivity contribution in [2.45, 2.75) is 141 Å². The van der Waals surface area contributed by atoms with E-state index >= 15 is 0 Å². The van der Waals surface area contributed by atoms with E-state index in [2.05, 4.69) is 50.4 Å². The number of rotatable bonds is 17. The van der Waals surface area contributed by atoms with Crippen LogP contribution in [0.2, 0.25) is 5.04 Å². The van der Waals surface area contributed by atoms with Crippen LogP contribution in [0.25, 0.3) is 0 Å². The molecule has 1 saturated heterocycles. The number of carbonyl (C=O) groups is 2. The molecule has 340 valence electrons. The zero-order chi connectivity index (χ0) is 46.0. The van der Waals surface area contributed by atoms with Gasteiger partial charge in [-0.25, -0.2) is 9.59 Å². The van der Waals surface area contributed by atoms with E-state index < -0.39 is 84.3 Å². The fraction of sp³-hybridized carbons (Fsp3) is 0.469. The Balaban J connectivity index is 1.61. The van der Waals surface area contributed by atoms with Gasteiger partial charge in [0.1, 0.15) is 23.4 Å². The van der Waals surface area contributed by atoms with E-state index in [-0.39, 0.29) is 19.8 Å². The average Bonchev–Trinajstić information content (AvgIpc) is 3.21. The molecule has 0 bridgehead atoms. The Bertz CT molecular complexity index is 2020. The van der Waals surface area contributed by atoms with Crippen molar-refractivity contribution in [1.82, 2.24) is 5.32 Å². The van der Waals surface area contributed by atoms with Crippen LogP contribution in [0.4, 0.5) is 4.79 Å². The highest BCUT2D eigenvalue weighted by atomic mass is 28.4. The summed E-state index contributed by atoms with van der Waals surface area (Å²) in [4.78, 5) is 39.9. The first kappa shape index (κ1) is 49.1. The molecule has 0 unspecified atom stereocenters. The zero-order valence-electron chi connectivity index (χ0n) is 38.1. The molecule has 0 radical (unpaired) electrons. The van der Waals surface area contributed by atoms with Crippen molar-refractivity contribution in [1.29, 1.82) is 0 Å². The van der Waals surface area contributed by atoms with Crippen LogP contribution < -0.4 is 15.7 Å². The lowest BCUT2D eigenvalue weighted by atomic mass is 9.96. The number of hydrogen-bond acceptors (Lipinski definition) is 11. The summed E-state index contributed by atoms with van der Waals surface area (Å²) in [7, 11) is -3.20. The number of carbonyl (C=O) groups excluding carboxylic acids is 2. The van der Waals surface area contributed by atoms with E-state index in [9.17, 15) is 19.7 Å². The number of nitrogens with one attached hydrogen (secondary N) is 1. The number of alkyl carbamates (subject to hydrolysis) is 1. The minimum absolute atomic E-state index is 0.00629. The molecule has 1 aliphatic rings. The molecule has 0 aliphatic carbocycles. The highest BCUT2D eigenvalue weighted by Gasteiger charge is 2.57. The summed E-state index contributed by atoms with van der Waals surface area (Å²) in [5.41, 5.74) is -0.223. The van der Waals surface area contributed by atoms with Crippen molar-refractivity contribution in [3.05, 3.63) is 143 Å². The molecule has 1 amide bonds. The number of benzene rings is 4. The van der Waals surface area contributed by atoms with Gasteiger partial charge in [-0.2, -0.15) is 0 Å². The lowest BCUT2D eigenvalue weighted by molar-refractivity contribution is -0.578. The van der Waals surface area contributed by atoms with Gasteiger partial charge in [0.2, 0.25) is 6.29 Å². The maximum atomic E-state index is 13.8. The van der Waals surface area contributed by atoms with Crippen molar-refractivity contribution >= 4 is 30.8 Å². The largest absolute Gasteiger partial charge is 0.458 e. The SMILES string of the molecule is C[C@@H](O[C@H]1O[C@H](CO[Si](c2ccccc2)(c2ccccc2)C(C)(C)C)[C@H](OCc2ccccc2)[C@H](OCc2ccccc2)[C@H]1[N+](=O)[O-])[C@H](NC(=O)OC(C)(C)C)C(=O)OC(C)(C)C. The fourth-order valence-corrected chi connectivity index (χ4v) is 12.3. The Kier molecular flexibility index (Phi) is 16.5. The number of nitro groups is 1. The van der Waals surface area contributed by atoms with Crippen molar-refractivity contribution in [3.8, 4) is 0 Å². The molecule has 4 aromatic rings. The predicted octanol–water partition coefficient (Wildman–Crippen LogP) is 7.74.